The number of aliphatic hydroxyl groups excluding tert-OH is 5. The molecule has 10 rings (SSSR count). The molecule has 6 heterocycles. The first-order chi connectivity index (χ1) is 66.3. The lowest BCUT2D eigenvalue weighted by Gasteiger charge is -2.50. The largest absolute Gasteiger partial charge is 0.463 e. The normalized spacial score (nSPS) is 39.9. The number of cyclic esters (lactones) is 2. The van der Waals surface area contributed by atoms with Crippen molar-refractivity contribution in [3.05, 3.63) is 144 Å². The fraction of sp³-hybridized carbons (Fsp3) is 0.708. The second-order valence-electron chi connectivity index (χ2n) is 41.2. The third-order valence-electron chi connectivity index (χ3n) is 30.2. The first-order valence-electron chi connectivity index (χ1n) is 49.5. The maximum absolute atomic E-state index is 14.9. The number of nitrogens with zero attached hydrogens (tertiary/aromatic N) is 2. The average molecular weight is 1990 g/mol. The second kappa shape index (κ2) is 50.6. The van der Waals surface area contributed by atoms with Gasteiger partial charge in [-0.05, 0) is 196 Å². The Bertz CT molecular complexity index is 4610. The summed E-state index contributed by atoms with van der Waals surface area (Å²) in [4.78, 5) is 100. The van der Waals surface area contributed by atoms with E-state index in [2.05, 4.69) is 0 Å². The lowest BCUT2D eigenvalue weighted by Crippen LogP contribution is -2.63. The molecule has 6 aliphatic rings. The van der Waals surface area contributed by atoms with Gasteiger partial charge in [0.1, 0.15) is 30.0 Å². The quantitative estimate of drug-likeness (QED) is 0.0215. The number of esters is 7. The zero-order chi connectivity index (χ0) is 105. The zero-order valence-corrected chi connectivity index (χ0v) is 87.2. The predicted octanol–water partition coefficient (Wildman–Crippen LogP) is 10.4. The molecule has 792 valence electrons. The Kier molecular flexibility index (Phi) is 42.0. The van der Waals surface area contributed by atoms with Crippen LogP contribution in [0.5, 0.6) is 0 Å². The van der Waals surface area contributed by atoms with Gasteiger partial charge in [-0.25, -0.2) is 19.2 Å². The highest BCUT2D eigenvalue weighted by Crippen LogP contribution is 2.48. The molecule has 0 bridgehead atoms. The number of rotatable bonds is 27. The van der Waals surface area contributed by atoms with Crippen molar-refractivity contribution in [3.63, 3.8) is 0 Å². The number of benzene rings is 4. The Morgan fingerprint density at radius 1 is 0.404 bits per heavy atom. The summed E-state index contributed by atoms with van der Waals surface area (Å²) in [7, 11) is 13.5. The van der Waals surface area contributed by atoms with E-state index in [4.69, 9.17) is 90.0 Å². The molecule has 141 heavy (non-hydrogen) atoms. The fourth-order valence-corrected chi connectivity index (χ4v) is 21.5. The van der Waals surface area contributed by atoms with Crippen LogP contribution >= 0.6 is 0 Å². The van der Waals surface area contributed by atoms with Crippen molar-refractivity contribution in [3.8, 4) is 0 Å². The Morgan fingerprint density at radius 3 is 0.993 bits per heavy atom. The van der Waals surface area contributed by atoms with Crippen LogP contribution in [0.3, 0.4) is 0 Å². The van der Waals surface area contributed by atoms with Crippen LogP contribution in [-0.4, -0.2) is 338 Å². The lowest BCUT2D eigenvalue weighted by molar-refractivity contribution is -0.319. The Labute approximate surface area is 831 Å². The molecule has 6 fully saturated rings. The van der Waals surface area contributed by atoms with E-state index in [1.807, 2.05) is 65.7 Å². The lowest BCUT2D eigenvalue weighted by atomic mass is 9.73. The van der Waals surface area contributed by atoms with Crippen LogP contribution in [0.2, 0.25) is 0 Å². The van der Waals surface area contributed by atoms with Gasteiger partial charge in [0.2, 0.25) is 0 Å². The number of aliphatic hydroxyl groups is 7. The molecule has 0 aromatic heterocycles. The van der Waals surface area contributed by atoms with Gasteiger partial charge in [-0.1, -0.05) is 128 Å². The Morgan fingerprint density at radius 2 is 0.702 bits per heavy atom. The SMILES string of the molecule is CC[C@H]1OC(=O)[C@H](C)[C@@H](OC2C[C@@](C)(OC)[C@@H](OC(=O)c3ccccc3)[C@H](C)O2)[C@H](C)[C@@H](OC2O[C@H](C)C[C@H](N(C)C)[C@H]2OC(=O)c2ccccc2)[C@@](C)(OC)C[C@@H](C)[C@H](O)[C@H](C)[C@@H](O)[C@@]1(O)CO.CC[C@H]1OC(=O)[C@H](C)[C@@H](OC2C[C@@](C)(OC)[C@@H](OC(=O)c3ccccc3)[C@H](C)O2)[C@H](C)[C@@H](OC2O[C@H](C)C[C@H](N(C)C)[C@H]2OC(=O)c2ccccc2)[C@@](C)(OC)C[C@@H](C)[C@H](O)[C@H](C)[C@@H](O)[C@@]1(O)COC(C)=O. The number of hydrogen-bond acceptors (Lipinski definition) is 35. The van der Waals surface area contributed by atoms with Gasteiger partial charge in [-0.3, -0.25) is 14.4 Å². The molecule has 0 aliphatic carbocycles. The third-order valence-corrected chi connectivity index (χ3v) is 30.2. The number of likely N-dealkylation sites (N-methyl/N-ethyl adjacent to an activating group) is 2. The highest BCUT2D eigenvalue weighted by Gasteiger charge is 2.61. The molecule has 35 nitrogen and oxygen atoms in total. The zero-order valence-electron chi connectivity index (χ0n) is 87.2. The van der Waals surface area contributed by atoms with Gasteiger partial charge in [0.25, 0.3) is 0 Å². The van der Waals surface area contributed by atoms with Crippen LogP contribution in [0, 0.1) is 47.3 Å². The van der Waals surface area contributed by atoms with Crippen molar-refractivity contribution in [2.45, 2.75) is 364 Å². The van der Waals surface area contributed by atoms with Gasteiger partial charge in [-0.15, -0.1) is 0 Å². The Balaban J connectivity index is 0.000000315. The standard InChI is InChI=1S/C54H81NO17.C52H79NO16/c1-15-40-54(62,29-65-36(8)56)45(58)32(4)42(57)30(2)27-52(9,63-13)46(72-51-44(39(55(11)12)26-31(3)66-51)70-49(60)37-22-18-16-19-23-37)33(5)43(34(6)48(59)68-40)69-41-28-53(10,64-14)47(35(7)67-41)71-50(61)38-24-20-17-21-25-38;1-14-38-52(60,28-54)43(56)31(4)40(55)29(2)26-50(8,61-12)44(69-49-42(37(53(10)11)25-30(3)63-49)67-47(58)35-21-17-15-18-22-35)32(5)41(33(6)46(57)65-38)66-39-27-51(9,62-13)45(34(7)64-39)68-48(59)36-23-19-16-20-24-36/h16-25,30-35,39-47,51,57-58,62H,15,26-29H2,1-14H3;15-24,29-34,37-45,49,54-56,60H,14,25-28H2,1-13H3/t30-,31-,32+,33+,34-,35+,39+,40-,41?,42+,43+,44-,45-,46-,47+,51?,52+,53-,54-;29-,30-,31+,32+,33-,34+,37+,38-,39?,40+,41+,42-,43-,44-,45+,49?,50+,51-,52-/m11/s1. The maximum Gasteiger partial charge on any atom is 0.338 e. The van der Waals surface area contributed by atoms with Crippen molar-refractivity contribution in [1.82, 2.24) is 9.80 Å². The van der Waals surface area contributed by atoms with E-state index in [-0.39, 0.29) is 62.8 Å². The van der Waals surface area contributed by atoms with Gasteiger partial charge in [-0.2, -0.15) is 0 Å². The molecule has 4 aromatic rings. The van der Waals surface area contributed by atoms with E-state index in [1.165, 1.54) is 28.4 Å². The van der Waals surface area contributed by atoms with E-state index < -0.39 is 259 Å². The first kappa shape index (κ1) is 117. The molecule has 6 aliphatic heterocycles. The average Bonchev–Trinajstić information content (AvgIpc) is 0.764. The maximum atomic E-state index is 14.9. The molecule has 0 amide bonds. The molecular formula is C106H160N2O33. The second-order valence-corrected chi connectivity index (χ2v) is 41.2. The number of ether oxygens (including phenoxy) is 19. The topological polar surface area (TPSA) is 443 Å². The van der Waals surface area contributed by atoms with Crippen LogP contribution in [0.25, 0.3) is 0 Å². The fourth-order valence-electron chi connectivity index (χ4n) is 21.5. The summed E-state index contributed by atoms with van der Waals surface area (Å²) < 4.78 is 122. The molecule has 0 radical (unpaired) electrons. The minimum absolute atomic E-state index is 0.00855. The van der Waals surface area contributed by atoms with Gasteiger partial charge in [0, 0.05) is 71.9 Å². The molecule has 38 atom stereocenters. The molecule has 7 N–H and O–H groups in total. The molecular weight excluding hydrogens is 1830 g/mol. The first-order valence-corrected chi connectivity index (χ1v) is 49.5. The van der Waals surface area contributed by atoms with E-state index in [0.29, 0.717) is 35.1 Å². The summed E-state index contributed by atoms with van der Waals surface area (Å²) in [5, 5.41) is 82.9. The highest BCUT2D eigenvalue weighted by atomic mass is 16.7. The van der Waals surface area contributed by atoms with Crippen LogP contribution in [0.1, 0.15) is 224 Å². The van der Waals surface area contributed by atoms with Crippen molar-refractivity contribution >= 4 is 41.8 Å². The van der Waals surface area contributed by atoms with E-state index >= 15 is 0 Å². The van der Waals surface area contributed by atoms with E-state index in [0.717, 1.165) is 6.92 Å². The summed E-state index contributed by atoms with van der Waals surface area (Å²) in [6.45, 7) is 30.6. The number of carbonyl (C=O) groups excluding carboxylic acids is 7. The van der Waals surface area contributed by atoms with Gasteiger partial charge in [0.05, 0.1) is 137 Å². The highest BCUT2D eigenvalue weighted by molar-refractivity contribution is 5.91. The predicted molar refractivity (Wildman–Crippen MR) is 515 cm³/mol. The number of carbonyl (C=O) groups is 7. The van der Waals surface area contributed by atoms with E-state index in [9.17, 15) is 69.3 Å². The summed E-state index contributed by atoms with van der Waals surface area (Å²) in [5.41, 5.74) is -8.48. The summed E-state index contributed by atoms with van der Waals surface area (Å²) in [6.07, 6.45) is -23.2. The number of hydrogen-bond donors (Lipinski definition) is 7. The molecule has 4 unspecified atom stereocenters. The van der Waals surface area contributed by atoms with Crippen molar-refractivity contribution in [2.24, 2.45) is 47.3 Å². The van der Waals surface area contributed by atoms with Crippen molar-refractivity contribution in [2.75, 3.05) is 69.8 Å². The molecule has 35 heteroatoms. The summed E-state index contributed by atoms with van der Waals surface area (Å²) >= 11 is 0. The Hall–Kier alpha value is -7.67. The van der Waals surface area contributed by atoms with Crippen LogP contribution in [-0.2, 0) is 104 Å². The molecule has 0 saturated carbocycles. The van der Waals surface area contributed by atoms with Crippen molar-refractivity contribution in [1.29, 1.82) is 0 Å². The summed E-state index contributed by atoms with van der Waals surface area (Å²) in [5.74, 6) is -12.3. The summed E-state index contributed by atoms with van der Waals surface area (Å²) in [6, 6.07) is 33.5. The van der Waals surface area contributed by atoms with Gasteiger partial charge >= 0.3 is 41.8 Å². The minimum Gasteiger partial charge on any atom is -0.463 e. The molecule has 4 aromatic carbocycles. The van der Waals surface area contributed by atoms with Crippen LogP contribution in [0.4, 0.5) is 0 Å². The van der Waals surface area contributed by atoms with Crippen LogP contribution < -0.4 is 0 Å². The minimum atomic E-state index is -2.38. The molecule has 0 spiro atoms. The van der Waals surface area contributed by atoms with Crippen molar-refractivity contribution < 1.29 is 159 Å². The smallest absolute Gasteiger partial charge is 0.338 e. The van der Waals surface area contributed by atoms with E-state index in [1.54, 1.807) is 218 Å². The van der Waals surface area contributed by atoms with Crippen LogP contribution in [0.15, 0.2) is 121 Å². The van der Waals surface area contributed by atoms with Gasteiger partial charge < -0.3 is 136 Å². The monoisotopic (exact) mass is 1990 g/mol. The molecule has 6 saturated heterocycles. The number of methoxy groups -OCH3 is 4. The van der Waals surface area contributed by atoms with Gasteiger partial charge in [0.15, 0.2) is 60.8 Å². The third kappa shape index (κ3) is 27.6.